The van der Waals surface area contributed by atoms with Crippen LogP contribution in [0.15, 0.2) is 42.7 Å². The smallest absolute Gasteiger partial charge is 0.481 e. The Bertz CT molecular complexity index is 1670. The van der Waals surface area contributed by atoms with Gasteiger partial charge in [0, 0.05) is 45.0 Å². The van der Waals surface area contributed by atoms with Gasteiger partial charge in [0.05, 0.1) is 30.7 Å². The van der Waals surface area contributed by atoms with Gasteiger partial charge in [0.25, 0.3) is 0 Å². The molecular weight excluding hydrogens is 593 g/mol. The topological polar surface area (TPSA) is 136 Å². The zero-order chi connectivity index (χ0) is 33.1. The highest BCUT2D eigenvalue weighted by Gasteiger charge is 2.40. The average Bonchev–Trinajstić information content (AvgIpc) is 3.58. The standard InChI is InChI=1S/C29H36N6O3.C2HF3O2/c1-19-6-7-21(16-22(19)17-35-11-10-30-25(35)18-34-12-14-38-15-13-34)26(29(3,4)28(36)37)23-8-9-24-27(20(23)2)31-32-33(24)5;3-2(4,5)1(6)7/h6-11,16,26H,12-15,17-18H2,1-5H3,(H,36,37);(H,6,7). The Labute approximate surface area is 258 Å². The zero-order valence-electron chi connectivity index (χ0n) is 25.8. The van der Waals surface area contributed by atoms with Crippen molar-refractivity contribution in [2.45, 2.75) is 52.9 Å². The number of imidazole rings is 1. The summed E-state index contributed by atoms with van der Waals surface area (Å²) in [6.07, 6.45) is -1.21. The van der Waals surface area contributed by atoms with Crippen molar-refractivity contribution in [3.05, 3.63) is 76.4 Å². The van der Waals surface area contributed by atoms with Gasteiger partial charge in [-0.25, -0.2) is 14.5 Å². The Morgan fingerprint density at radius 1 is 1.02 bits per heavy atom. The first-order chi connectivity index (χ1) is 21.1. The number of carboxylic acids is 2. The molecule has 0 saturated carbocycles. The number of nitrogens with zero attached hydrogens (tertiary/aromatic N) is 6. The van der Waals surface area contributed by atoms with E-state index >= 15 is 0 Å². The maximum absolute atomic E-state index is 12.6. The van der Waals surface area contributed by atoms with Crippen molar-refractivity contribution in [3.8, 4) is 0 Å². The van der Waals surface area contributed by atoms with Crippen LogP contribution in [0.1, 0.15) is 53.4 Å². The lowest BCUT2D eigenvalue weighted by Crippen LogP contribution is -2.36. The predicted molar refractivity (Wildman–Crippen MR) is 159 cm³/mol. The van der Waals surface area contributed by atoms with Crippen molar-refractivity contribution >= 4 is 23.0 Å². The summed E-state index contributed by atoms with van der Waals surface area (Å²) in [6, 6.07) is 10.4. The summed E-state index contributed by atoms with van der Waals surface area (Å²) >= 11 is 0. The first-order valence-corrected chi connectivity index (χ1v) is 14.3. The molecule has 1 aliphatic heterocycles. The number of fused-ring (bicyclic) bond motifs is 1. The van der Waals surface area contributed by atoms with E-state index in [1.165, 1.54) is 0 Å². The molecular formula is C31H37F3N6O5. The van der Waals surface area contributed by atoms with Crippen molar-refractivity contribution in [3.63, 3.8) is 0 Å². The summed E-state index contributed by atoms with van der Waals surface area (Å²) in [5, 5.41) is 26.0. The third-order valence-electron chi connectivity index (χ3n) is 8.22. The summed E-state index contributed by atoms with van der Waals surface area (Å²) in [4.78, 5) is 28.5. The van der Waals surface area contributed by atoms with Gasteiger partial charge in [-0.3, -0.25) is 9.69 Å². The number of morpholine rings is 1. The Morgan fingerprint density at radius 2 is 1.69 bits per heavy atom. The van der Waals surface area contributed by atoms with Crippen LogP contribution >= 0.6 is 0 Å². The van der Waals surface area contributed by atoms with Crippen molar-refractivity contribution in [2.24, 2.45) is 12.5 Å². The third kappa shape index (κ3) is 7.51. The second-order valence-electron chi connectivity index (χ2n) is 11.7. The molecule has 1 saturated heterocycles. The molecule has 0 bridgehead atoms. The summed E-state index contributed by atoms with van der Waals surface area (Å²) in [5.74, 6) is -2.96. The van der Waals surface area contributed by atoms with E-state index in [1.54, 1.807) is 18.5 Å². The molecule has 1 aliphatic rings. The molecule has 242 valence electrons. The number of alkyl halides is 3. The van der Waals surface area contributed by atoms with E-state index in [0.717, 1.165) is 77.5 Å². The number of aliphatic carboxylic acids is 2. The largest absolute Gasteiger partial charge is 0.490 e. The molecule has 1 fully saturated rings. The number of carboxylic acid groups (broad SMARTS) is 2. The van der Waals surface area contributed by atoms with Crippen LogP contribution in [0.25, 0.3) is 11.0 Å². The molecule has 45 heavy (non-hydrogen) atoms. The number of carbonyl (C=O) groups is 2. The first-order valence-electron chi connectivity index (χ1n) is 14.3. The first kappa shape index (κ1) is 33.6. The van der Waals surface area contributed by atoms with E-state index in [2.05, 4.69) is 49.9 Å². The maximum Gasteiger partial charge on any atom is 0.490 e. The summed E-state index contributed by atoms with van der Waals surface area (Å²) < 4.78 is 41.2. The van der Waals surface area contributed by atoms with Crippen LogP contribution in [-0.4, -0.2) is 84.1 Å². The lowest BCUT2D eigenvalue weighted by Gasteiger charge is -2.33. The highest BCUT2D eigenvalue weighted by atomic mass is 19.4. The Morgan fingerprint density at radius 3 is 2.31 bits per heavy atom. The molecule has 5 rings (SSSR count). The molecule has 14 heteroatoms. The van der Waals surface area contributed by atoms with Gasteiger partial charge in [0.2, 0.25) is 0 Å². The Balaban J connectivity index is 0.000000591. The number of rotatable bonds is 8. The van der Waals surface area contributed by atoms with Gasteiger partial charge < -0.3 is 19.5 Å². The van der Waals surface area contributed by atoms with Crippen molar-refractivity contribution < 1.29 is 37.7 Å². The minimum Gasteiger partial charge on any atom is -0.481 e. The van der Waals surface area contributed by atoms with Crippen molar-refractivity contribution in [2.75, 3.05) is 26.3 Å². The van der Waals surface area contributed by atoms with Crippen LogP contribution in [0, 0.1) is 19.3 Å². The van der Waals surface area contributed by atoms with Crippen LogP contribution in [0.2, 0.25) is 0 Å². The molecule has 2 aromatic heterocycles. The van der Waals surface area contributed by atoms with E-state index in [0.29, 0.717) is 6.54 Å². The fraction of sp³-hybridized carbons (Fsp3) is 0.452. The minimum absolute atomic E-state index is 0.374. The summed E-state index contributed by atoms with van der Waals surface area (Å²) in [6.45, 7) is 12.5. The molecule has 11 nitrogen and oxygen atoms in total. The number of aryl methyl sites for hydroxylation is 3. The van der Waals surface area contributed by atoms with E-state index in [4.69, 9.17) is 14.6 Å². The lowest BCUT2D eigenvalue weighted by molar-refractivity contribution is -0.192. The predicted octanol–water partition coefficient (Wildman–Crippen LogP) is 4.54. The molecule has 0 radical (unpaired) electrons. The van der Waals surface area contributed by atoms with Crippen LogP contribution in [0.5, 0.6) is 0 Å². The fourth-order valence-electron chi connectivity index (χ4n) is 5.49. The molecule has 1 unspecified atom stereocenters. The van der Waals surface area contributed by atoms with E-state index in [9.17, 15) is 23.1 Å². The molecule has 4 aromatic rings. The minimum atomic E-state index is -5.08. The van der Waals surface area contributed by atoms with Crippen LogP contribution in [-0.2, 0) is 34.5 Å². The highest BCUT2D eigenvalue weighted by molar-refractivity contribution is 5.81. The molecule has 1 atom stereocenters. The Kier molecular flexibility index (Phi) is 9.98. The number of aromatic nitrogens is 5. The second-order valence-corrected chi connectivity index (χ2v) is 11.7. The van der Waals surface area contributed by atoms with Gasteiger partial charge in [-0.05, 0) is 61.6 Å². The van der Waals surface area contributed by atoms with Crippen LogP contribution in [0.3, 0.4) is 0 Å². The van der Waals surface area contributed by atoms with Crippen molar-refractivity contribution in [1.29, 1.82) is 0 Å². The maximum atomic E-state index is 12.6. The number of halogens is 3. The summed E-state index contributed by atoms with van der Waals surface area (Å²) in [7, 11) is 1.86. The van der Waals surface area contributed by atoms with Crippen LogP contribution in [0.4, 0.5) is 13.2 Å². The molecule has 2 N–H and O–H groups in total. The number of hydrogen-bond acceptors (Lipinski definition) is 7. The van der Waals surface area contributed by atoms with E-state index in [-0.39, 0.29) is 5.92 Å². The van der Waals surface area contributed by atoms with Gasteiger partial charge in [-0.2, -0.15) is 13.2 Å². The summed E-state index contributed by atoms with van der Waals surface area (Å²) in [5.41, 5.74) is 5.87. The van der Waals surface area contributed by atoms with Crippen molar-refractivity contribution in [1.82, 2.24) is 29.4 Å². The molecule has 0 spiro atoms. The molecule has 0 aliphatic carbocycles. The second kappa shape index (κ2) is 13.4. The van der Waals surface area contributed by atoms with E-state index < -0.39 is 23.5 Å². The number of hydrogen-bond donors (Lipinski definition) is 2. The van der Waals surface area contributed by atoms with Crippen LogP contribution < -0.4 is 0 Å². The number of benzene rings is 2. The quantitative estimate of drug-likeness (QED) is 0.288. The van der Waals surface area contributed by atoms with Gasteiger partial charge in [-0.15, -0.1) is 5.10 Å². The number of ether oxygens (including phenoxy) is 1. The van der Waals surface area contributed by atoms with E-state index in [1.807, 2.05) is 38.5 Å². The molecule has 2 aromatic carbocycles. The molecule has 3 heterocycles. The normalized spacial score (nSPS) is 15.0. The van der Waals surface area contributed by atoms with Gasteiger partial charge >= 0.3 is 18.1 Å². The fourth-order valence-corrected chi connectivity index (χ4v) is 5.49. The zero-order valence-corrected chi connectivity index (χ0v) is 25.8. The van der Waals surface area contributed by atoms with Gasteiger partial charge in [0.1, 0.15) is 11.3 Å². The SMILES string of the molecule is Cc1ccc(C(c2ccc3c(nnn3C)c2C)C(C)(C)C(=O)O)cc1Cn1ccnc1CN1CCOCC1.O=C(O)C(F)(F)F. The van der Waals surface area contributed by atoms with Gasteiger partial charge in [0.15, 0.2) is 0 Å². The Hall–Kier alpha value is -4.30. The third-order valence-corrected chi connectivity index (χ3v) is 8.22. The monoisotopic (exact) mass is 630 g/mol. The average molecular weight is 631 g/mol. The lowest BCUT2D eigenvalue weighted by atomic mass is 9.69. The van der Waals surface area contributed by atoms with Gasteiger partial charge in [-0.1, -0.05) is 29.5 Å². The highest BCUT2D eigenvalue weighted by Crippen LogP contribution is 2.44. The molecule has 0 amide bonds.